The number of carbonyl (C=O) groups is 9. The summed E-state index contributed by atoms with van der Waals surface area (Å²) in [4.78, 5) is 115. The van der Waals surface area contributed by atoms with E-state index in [0.717, 1.165) is 0 Å². The third kappa shape index (κ3) is 20.6. The quantitative estimate of drug-likeness (QED) is 0.0330. The first kappa shape index (κ1) is 54.1. The summed E-state index contributed by atoms with van der Waals surface area (Å²) < 4.78 is 0. The smallest absolute Gasteiger partial charge is 0.245 e. The Morgan fingerprint density at radius 2 is 1.15 bits per heavy atom. The zero-order chi connectivity index (χ0) is 45.6. The highest BCUT2D eigenvalue weighted by Gasteiger charge is 2.34. The molecule has 0 spiro atoms. The molecule has 0 aliphatic heterocycles. The average Bonchev–Trinajstić information content (AvgIpc) is 3.16. The van der Waals surface area contributed by atoms with E-state index in [1.165, 1.54) is 13.8 Å². The number of hydrogen-bond donors (Lipinski definition) is 13. The van der Waals surface area contributed by atoms with Gasteiger partial charge in [-0.15, -0.1) is 0 Å². The van der Waals surface area contributed by atoms with E-state index < -0.39 is 133 Å². The van der Waals surface area contributed by atoms with Crippen molar-refractivity contribution in [2.24, 2.45) is 35.0 Å². The molecule has 0 aliphatic carbocycles. The minimum absolute atomic E-state index is 0.0517. The molecule has 0 fully saturated rings. The van der Waals surface area contributed by atoms with Gasteiger partial charge in [0.05, 0.1) is 25.8 Å². The predicted molar refractivity (Wildman–Crippen MR) is 216 cm³/mol. The van der Waals surface area contributed by atoms with Crippen molar-refractivity contribution < 1.29 is 53.4 Å². The molecule has 0 aromatic heterocycles. The second-order valence-corrected chi connectivity index (χ2v) is 15.3. The van der Waals surface area contributed by atoms with Gasteiger partial charge in [0, 0.05) is 0 Å². The van der Waals surface area contributed by atoms with Crippen LogP contribution >= 0.6 is 0 Å². The molecule has 0 saturated heterocycles. The summed E-state index contributed by atoms with van der Waals surface area (Å²) in [6, 6.07) is -8.44. The fourth-order valence-electron chi connectivity index (χ4n) is 5.34. The van der Waals surface area contributed by atoms with Crippen LogP contribution in [0.4, 0.5) is 0 Å². The number of hydrogen-bond acceptors (Lipinski definition) is 13. The molecule has 338 valence electrons. The van der Waals surface area contributed by atoms with Crippen LogP contribution in [0.1, 0.15) is 87.5 Å². The molecule has 16 N–H and O–H groups in total. The Balaban J connectivity index is 5.30. The van der Waals surface area contributed by atoms with Crippen molar-refractivity contribution in [3.63, 3.8) is 0 Å². The SMILES string of the molecule is CC[C@H](C)[C@H](NC(=O)CNC(=O)CNC(=O)[C@H](C)NC(=O)[C@H](CO)NC(=O)[C@H](CCCCN)NC(=O)[C@@H](N)[C@@H](C)O)C(=O)N[C@H](C(=O)N[C@@H](CC(C)C)C(N)=O)C(C)C. The fourth-order valence-corrected chi connectivity index (χ4v) is 5.34. The molecule has 0 aliphatic rings. The van der Waals surface area contributed by atoms with E-state index in [4.69, 9.17) is 17.2 Å². The van der Waals surface area contributed by atoms with Gasteiger partial charge in [0.25, 0.3) is 0 Å². The van der Waals surface area contributed by atoms with Gasteiger partial charge in [-0.3, -0.25) is 43.2 Å². The van der Waals surface area contributed by atoms with Crippen LogP contribution in [0.2, 0.25) is 0 Å². The zero-order valence-electron chi connectivity index (χ0n) is 35.5. The zero-order valence-corrected chi connectivity index (χ0v) is 35.5. The standard InChI is InChI=1S/C37H69N11O11/c1-9-20(6)30(37(59)48-29(19(4)5)36(58)45-24(31(40)53)14-18(2)3)47-27(52)16-41-26(51)15-42-32(54)21(7)43-34(56)25(17-49)46-33(55)23(12-10-11-13-38)44-35(57)28(39)22(8)50/h18-25,28-30,49-50H,9-17,38-39H2,1-8H3,(H2,40,53)(H,41,51)(H,42,54)(H,43,56)(H,44,57)(H,45,58)(H,46,55)(H,47,52)(H,48,59)/t20-,21-,22+,23-,24-,25-,28-,29-,30-/m0/s1. The van der Waals surface area contributed by atoms with Crippen molar-refractivity contribution in [3.05, 3.63) is 0 Å². The molecule has 0 aromatic carbocycles. The van der Waals surface area contributed by atoms with Crippen LogP contribution in [-0.4, -0.2) is 138 Å². The molecule has 22 nitrogen and oxygen atoms in total. The third-order valence-electron chi connectivity index (χ3n) is 9.27. The van der Waals surface area contributed by atoms with E-state index >= 15 is 0 Å². The van der Waals surface area contributed by atoms with Gasteiger partial charge in [0.1, 0.15) is 42.3 Å². The molecule has 59 heavy (non-hydrogen) atoms. The van der Waals surface area contributed by atoms with E-state index in [2.05, 4.69) is 42.5 Å². The van der Waals surface area contributed by atoms with Gasteiger partial charge in [-0.2, -0.15) is 0 Å². The van der Waals surface area contributed by atoms with Crippen LogP contribution in [0.25, 0.3) is 0 Å². The fraction of sp³-hybridized carbons (Fsp3) is 0.757. The Kier molecular flexibility index (Phi) is 25.4. The number of primary amides is 1. The molecule has 0 unspecified atom stereocenters. The Bertz CT molecular complexity index is 1430. The summed E-state index contributed by atoms with van der Waals surface area (Å²) in [7, 11) is 0. The summed E-state index contributed by atoms with van der Waals surface area (Å²) in [6.07, 6.45) is 0.591. The van der Waals surface area contributed by atoms with Crippen LogP contribution in [0, 0.1) is 17.8 Å². The maximum Gasteiger partial charge on any atom is 0.245 e. The monoisotopic (exact) mass is 844 g/mol. The number of rotatable bonds is 28. The first-order valence-corrected chi connectivity index (χ1v) is 19.9. The number of aliphatic hydroxyl groups excluding tert-OH is 2. The molecule has 22 heteroatoms. The van der Waals surface area contributed by atoms with Gasteiger partial charge < -0.3 is 69.9 Å². The van der Waals surface area contributed by atoms with Gasteiger partial charge in [0.2, 0.25) is 53.2 Å². The highest BCUT2D eigenvalue weighted by Crippen LogP contribution is 2.12. The van der Waals surface area contributed by atoms with Crippen molar-refractivity contribution in [2.75, 3.05) is 26.2 Å². The largest absolute Gasteiger partial charge is 0.394 e. The molecular weight excluding hydrogens is 774 g/mol. The molecule has 9 amide bonds. The number of unbranched alkanes of at least 4 members (excludes halogenated alkanes) is 1. The van der Waals surface area contributed by atoms with Gasteiger partial charge in [0.15, 0.2) is 0 Å². The Morgan fingerprint density at radius 3 is 1.66 bits per heavy atom. The Hall–Kier alpha value is -4.93. The van der Waals surface area contributed by atoms with E-state index in [-0.39, 0.29) is 12.3 Å². The minimum Gasteiger partial charge on any atom is -0.394 e. The molecule has 0 saturated carbocycles. The number of carbonyl (C=O) groups excluding carboxylic acids is 9. The van der Waals surface area contributed by atoms with E-state index in [1.54, 1.807) is 27.7 Å². The van der Waals surface area contributed by atoms with Crippen LogP contribution in [0.15, 0.2) is 0 Å². The lowest BCUT2D eigenvalue weighted by molar-refractivity contribution is -0.135. The van der Waals surface area contributed by atoms with Crippen molar-refractivity contribution >= 4 is 53.2 Å². The highest BCUT2D eigenvalue weighted by atomic mass is 16.3. The summed E-state index contributed by atoms with van der Waals surface area (Å²) in [5.74, 6) is -7.72. The maximum absolute atomic E-state index is 13.4. The molecule has 0 radical (unpaired) electrons. The lowest BCUT2D eigenvalue weighted by atomic mass is 9.96. The minimum atomic E-state index is -1.54. The van der Waals surface area contributed by atoms with Crippen LogP contribution in [0.3, 0.4) is 0 Å². The lowest BCUT2D eigenvalue weighted by Crippen LogP contribution is -2.59. The van der Waals surface area contributed by atoms with Crippen molar-refractivity contribution in [1.82, 2.24) is 42.5 Å². The number of nitrogens with two attached hydrogens (primary N) is 3. The first-order chi connectivity index (χ1) is 27.5. The van der Waals surface area contributed by atoms with Crippen molar-refractivity contribution in [1.29, 1.82) is 0 Å². The molecule has 0 bridgehead atoms. The van der Waals surface area contributed by atoms with Crippen LogP contribution in [-0.2, 0) is 43.2 Å². The average molecular weight is 844 g/mol. The van der Waals surface area contributed by atoms with Gasteiger partial charge in [-0.25, -0.2) is 0 Å². The summed E-state index contributed by atoms with van der Waals surface area (Å²) in [5.41, 5.74) is 16.6. The summed E-state index contributed by atoms with van der Waals surface area (Å²) >= 11 is 0. The lowest BCUT2D eigenvalue weighted by Gasteiger charge is -2.29. The number of aliphatic hydroxyl groups is 2. The van der Waals surface area contributed by atoms with Gasteiger partial charge in [-0.1, -0.05) is 48.0 Å². The summed E-state index contributed by atoms with van der Waals surface area (Å²) in [5, 5.41) is 38.9. The second-order valence-electron chi connectivity index (χ2n) is 15.3. The third-order valence-corrected chi connectivity index (χ3v) is 9.27. The number of amides is 9. The van der Waals surface area contributed by atoms with Crippen molar-refractivity contribution in [2.45, 2.75) is 136 Å². The first-order valence-electron chi connectivity index (χ1n) is 19.9. The van der Waals surface area contributed by atoms with E-state index in [0.29, 0.717) is 32.2 Å². The van der Waals surface area contributed by atoms with Crippen LogP contribution in [0.5, 0.6) is 0 Å². The van der Waals surface area contributed by atoms with E-state index in [9.17, 15) is 53.4 Å². The Labute approximate surface area is 345 Å². The van der Waals surface area contributed by atoms with Crippen molar-refractivity contribution in [3.8, 4) is 0 Å². The normalized spacial score (nSPS) is 15.8. The molecule has 0 rings (SSSR count). The van der Waals surface area contributed by atoms with Gasteiger partial charge >= 0.3 is 0 Å². The topological polar surface area (TPSA) is 368 Å². The maximum atomic E-state index is 13.4. The summed E-state index contributed by atoms with van der Waals surface area (Å²) in [6.45, 7) is 11.4. The highest BCUT2D eigenvalue weighted by molar-refractivity contribution is 5.97. The molecule has 9 atom stereocenters. The van der Waals surface area contributed by atoms with E-state index in [1.807, 2.05) is 13.8 Å². The second kappa shape index (κ2) is 27.7. The predicted octanol–water partition coefficient (Wildman–Crippen LogP) is -4.79. The van der Waals surface area contributed by atoms with Gasteiger partial charge in [-0.05, 0) is 63.8 Å². The molecule has 0 aromatic rings. The Morgan fingerprint density at radius 1 is 0.610 bits per heavy atom. The molecular formula is C37H69N11O11. The molecule has 0 heterocycles. The van der Waals surface area contributed by atoms with Crippen LogP contribution < -0.4 is 59.7 Å². The number of nitrogens with one attached hydrogen (secondary N) is 8.